The summed E-state index contributed by atoms with van der Waals surface area (Å²) in [5.74, 6) is -1.89. The maximum atomic E-state index is 14.7. The standard InChI is InChI=1S/C29H35F7N8O4Si/c1-18(40-22-14-39-44(17-48-9-10-49(2,3)4)26(47)23(22)29(34,35)36)15-43-16-19(11-21(30)25(43)46)24(45)41-5-7-42(8-6-41)27-37-12-20(13-38-27)28(31,32)33/h11-14,16,18,40H,5-10,15,17H2,1-4H3. The maximum absolute atomic E-state index is 14.7. The first kappa shape index (κ1) is 37.5. The Morgan fingerprint density at radius 1 is 0.980 bits per heavy atom. The molecule has 0 aromatic carbocycles. The second-order valence-corrected chi connectivity index (χ2v) is 18.3. The molecule has 1 amide bonds. The van der Waals surface area contributed by atoms with E-state index in [4.69, 9.17) is 4.74 Å². The molecule has 0 spiro atoms. The highest BCUT2D eigenvalue weighted by Crippen LogP contribution is 2.32. The molecule has 3 aromatic rings. The van der Waals surface area contributed by atoms with Crippen molar-refractivity contribution in [3.05, 3.63) is 74.1 Å². The number of nitrogens with one attached hydrogen (secondary N) is 1. The number of pyridine rings is 1. The lowest BCUT2D eigenvalue weighted by Gasteiger charge is -2.34. The molecule has 49 heavy (non-hydrogen) atoms. The van der Waals surface area contributed by atoms with Gasteiger partial charge in [0, 0.05) is 72.0 Å². The van der Waals surface area contributed by atoms with Crippen molar-refractivity contribution in [1.82, 2.24) is 29.2 Å². The minimum atomic E-state index is -5.07. The zero-order valence-corrected chi connectivity index (χ0v) is 28.0. The van der Waals surface area contributed by atoms with Crippen LogP contribution in [0.15, 0.2) is 40.4 Å². The van der Waals surface area contributed by atoms with Crippen LogP contribution < -0.4 is 21.3 Å². The number of halogens is 7. The Balaban J connectivity index is 1.44. The van der Waals surface area contributed by atoms with Crippen molar-refractivity contribution in [2.24, 2.45) is 0 Å². The molecule has 0 bridgehead atoms. The van der Waals surface area contributed by atoms with E-state index in [-0.39, 0.29) is 44.3 Å². The van der Waals surface area contributed by atoms with Crippen molar-refractivity contribution >= 4 is 25.6 Å². The number of rotatable bonds is 11. The van der Waals surface area contributed by atoms with Gasteiger partial charge in [-0.15, -0.1) is 0 Å². The molecule has 1 fully saturated rings. The van der Waals surface area contributed by atoms with Crippen LogP contribution in [0.2, 0.25) is 25.7 Å². The average Bonchev–Trinajstić information content (AvgIpc) is 3.00. The molecule has 1 aliphatic heterocycles. The van der Waals surface area contributed by atoms with Crippen LogP contribution in [0, 0.1) is 5.82 Å². The fourth-order valence-corrected chi connectivity index (χ4v) is 5.63. The third-order valence-electron chi connectivity index (χ3n) is 7.51. The second-order valence-electron chi connectivity index (χ2n) is 12.7. The van der Waals surface area contributed by atoms with Crippen LogP contribution >= 0.6 is 0 Å². The summed E-state index contributed by atoms with van der Waals surface area (Å²) >= 11 is 0. The third-order valence-corrected chi connectivity index (χ3v) is 9.22. The Kier molecular flexibility index (Phi) is 11.2. The van der Waals surface area contributed by atoms with Crippen LogP contribution in [0.5, 0.6) is 0 Å². The fraction of sp³-hybridized carbons (Fsp3) is 0.517. The molecule has 1 N–H and O–H groups in total. The van der Waals surface area contributed by atoms with Crippen LogP contribution in [0.1, 0.15) is 28.4 Å². The lowest BCUT2D eigenvalue weighted by atomic mass is 10.2. The Labute approximate surface area is 276 Å². The molecule has 268 valence electrons. The number of ether oxygens (including phenoxy) is 1. The van der Waals surface area contributed by atoms with E-state index in [1.807, 2.05) is 0 Å². The predicted molar refractivity (Wildman–Crippen MR) is 166 cm³/mol. The summed E-state index contributed by atoms with van der Waals surface area (Å²) < 4.78 is 102. The summed E-state index contributed by atoms with van der Waals surface area (Å²) in [7, 11) is -1.48. The zero-order chi connectivity index (χ0) is 36.3. The first-order valence-electron chi connectivity index (χ1n) is 15.1. The number of alkyl halides is 6. The normalized spacial score (nSPS) is 15.0. The van der Waals surface area contributed by atoms with E-state index in [9.17, 15) is 45.1 Å². The van der Waals surface area contributed by atoms with Gasteiger partial charge in [0.1, 0.15) is 12.3 Å². The molecule has 0 radical (unpaired) electrons. The Morgan fingerprint density at radius 2 is 1.61 bits per heavy atom. The van der Waals surface area contributed by atoms with E-state index in [1.165, 1.54) is 11.8 Å². The molecule has 4 rings (SSSR count). The largest absolute Gasteiger partial charge is 0.423 e. The summed E-state index contributed by atoms with van der Waals surface area (Å²) in [4.78, 5) is 49.0. The number of amides is 1. The molecule has 0 aliphatic carbocycles. The zero-order valence-electron chi connectivity index (χ0n) is 27.0. The van der Waals surface area contributed by atoms with Crippen LogP contribution in [-0.2, 0) is 30.4 Å². The molecule has 1 unspecified atom stereocenters. The predicted octanol–water partition coefficient (Wildman–Crippen LogP) is 4.15. The van der Waals surface area contributed by atoms with Crippen molar-refractivity contribution in [1.29, 1.82) is 0 Å². The smallest absolute Gasteiger partial charge is 0.379 e. The average molecular weight is 721 g/mol. The molecule has 3 aromatic heterocycles. The SMILES string of the molecule is CC(Cn1cc(C(=O)N2CCN(c3ncc(C(F)(F)F)cn3)CC2)cc(F)c1=O)Nc1cnn(COCC[Si](C)(C)C)c(=O)c1C(F)(F)F. The molecule has 0 saturated carbocycles. The number of anilines is 2. The maximum Gasteiger partial charge on any atom is 0.423 e. The molecular formula is C29H35F7N8O4Si. The Bertz CT molecular complexity index is 1750. The summed E-state index contributed by atoms with van der Waals surface area (Å²) in [6.07, 6.45) is -6.46. The summed E-state index contributed by atoms with van der Waals surface area (Å²) in [6.45, 7) is 7.51. The van der Waals surface area contributed by atoms with Crippen LogP contribution in [0.3, 0.4) is 0 Å². The highest BCUT2D eigenvalue weighted by molar-refractivity contribution is 6.76. The van der Waals surface area contributed by atoms with Gasteiger partial charge in [-0.1, -0.05) is 19.6 Å². The van der Waals surface area contributed by atoms with Crippen molar-refractivity contribution in [3.63, 3.8) is 0 Å². The van der Waals surface area contributed by atoms with Gasteiger partial charge in [0.05, 0.1) is 23.0 Å². The van der Waals surface area contributed by atoms with Crippen molar-refractivity contribution in [3.8, 4) is 0 Å². The van der Waals surface area contributed by atoms with Gasteiger partial charge in [-0.05, 0) is 19.0 Å². The van der Waals surface area contributed by atoms with E-state index in [0.29, 0.717) is 17.1 Å². The third kappa shape index (κ3) is 9.64. The molecule has 20 heteroatoms. The molecule has 1 atom stereocenters. The lowest BCUT2D eigenvalue weighted by molar-refractivity contribution is -0.139. The van der Waals surface area contributed by atoms with Crippen molar-refractivity contribution in [2.45, 2.75) is 64.3 Å². The van der Waals surface area contributed by atoms with Gasteiger partial charge in [0.2, 0.25) is 5.95 Å². The molecule has 1 saturated heterocycles. The van der Waals surface area contributed by atoms with Crippen molar-refractivity contribution in [2.75, 3.05) is 43.0 Å². The quantitative estimate of drug-likeness (QED) is 0.177. The van der Waals surface area contributed by atoms with E-state index < -0.39 is 79.4 Å². The van der Waals surface area contributed by atoms with E-state index in [1.54, 1.807) is 4.90 Å². The number of carbonyl (C=O) groups is 1. The number of carbonyl (C=O) groups excluding carboxylic acids is 1. The number of hydrogen-bond donors (Lipinski definition) is 1. The highest BCUT2D eigenvalue weighted by atomic mass is 28.3. The number of aromatic nitrogens is 5. The molecular weight excluding hydrogens is 685 g/mol. The van der Waals surface area contributed by atoms with Gasteiger partial charge < -0.3 is 24.4 Å². The van der Waals surface area contributed by atoms with Gasteiger partial charge >= 0.3 is 12.4 Å². The van der Waals surface area contributed by atoms with Crippen molar-refractivity contribution < 1.29 is 40.3 Å². The van der Waals surface area contributed by atoms with Crippen LogP contribution in [0.4, 0.5) is 42.4 Å². The van der Waals surface area contributed by atoms with Crippen LogP contribution in [0.25, 0.3) is 0 Å². The summed E-state index contributed by atoms with van der Waals surface area (Å²) in [5, 5.41) is 6.32. The molecule has 12 nitrogen and oxygen atoms in total. The minimum Gasteiger partial charge on any atom is -0.379 e. The second kappa shape index (κ2) is 14.6. The van der Waals surface area contributed by atoms with Gasteiger partial charge in [0.25, 0.3) is 17.0 Å². The molecule has 4 heterocycles. The van der Waals surface area contributed by atoms with Gasteiger partial charge in [0.15, 0.2) is 5.82 Å². The summed E-state index contributed by atoms with van der Waals surface area (Å²) in [6, 6.07) is 0.498. The first-order chi connectivity index (χ1) is 22.7. The van der Waals surface area contributed by atoms with Gasteiger partial charge in [-0.25, -0.2) is 19.0 Å². The van der Waals surface area contributed by atoms with E-state index in [2.05, 4.69) is 40.0 Å². The topological polar surface area (TPSA) is 127 Å². The number of hydrogen-bond acceptors (Lipinski definition) is 9. The molecule has 1 aliphatic rings. The Morgan fingerprint density at radius 3 is 2.18 bits per heavy atom. The van der Waals surface area contributed by atoms with Crippen LogP contribution in [-0.4, -0.2) is 82.0 Å². The number of piperazine rings is 1. The monoisotopic (exact) mass is 720 g/mol. The Hall–Kier alpha value is -4.33. The fourth-order valence-electron chi connectivity index (χ4n) is 4.87. The van der Waals surface area contributed by atoms with E-state index in [0.717, 1.165) is 29.1 Å². The summed E-state index contributed by atoms with van der Waals surface area (Å²) in [5.41, 5.74) is -5.96. The first-order valence-corrected chi connectivity index (χ1v) is 18.8. The lowest BCUT2D eigenvalue weighted by Crippen LogP contribution is -2.49. The number of nitrogens with zero attached hydrogens (tertiary/aromatic N) is 7. The highest BCUT2D eigenvalue weighted by Gasteiger charge is 2.39. The van der Waals surface area contributed by atoms with Gasteiger partial charge in [-0.3, -0.25) is 14.4 Å². The minimum absolute atomic E-state index is 0.0354. The van der Waals surface area contributed by atoms with E-state index >= 15 is 0 Å². The van der Waals surface area contributed by atoms with Gasteiger partial charge in [-0.2, -0.15) is 31.4 Å².